The number of hydrogen-bond acceptors (Lipinski definition) is 3. The fourth-order valence-corrected chi connectivity index (χ4v) is 2.01. The monoisotopic (exact) mass is 325 g/mol. The van der Waals surface area contributed by atoms with Crippen LogP contribution in [0.1, 0.15) is 12.0 Å². The average molecular weight is 326 g/mol. The number of carbonyl (C=O) groups is 1. The maximum Gasteiger partial charge on any atom is 0.241 e. The number of aromatic nitrogens is 4. The van der Waals surface area contributed by atoms with E-state index < -0.39 is 0 Å². The molecule has 6 nitrogen and oxygen atoms in total. The Morgan fingerprint density at radius 2 is 2.11 bits per heavy atom. The molecule has 0 saturated carbocycles. The topological polar surface area (TPSA) is 64.7 Å². The van der Waals surface area contributed by atoms with Crippen molar-refractivity contribution in [1.29, 1.82) is 0 Å². The Labute approximate surface area is 119 Å². The number of carbonyl (C=O) groups excluding carboxylic acids is 1. The highest BCUT2D eigenvalue weighted by Gasteiger charge is 2.03. The lowest BCUT2D eigenvalue weighted by Gasteiger charge is -2.05. The van der Waals surface area contributed by atoms with Gasteiger partial charge >= 0.3 is 0 Å². The van der Waals surface area contributed by atoms with Crippen molar-refractivity contribution in [2.75, 3.05) is 6.54 Å². The van der Waals surface area contributed by atoms with Gasteiger partial charge in [0.25, 0.3) is 0 Å². The molecule has 0 bridgehead atoms. The van der Waals surface area contributed by atoms with E-state index >= 15 is 0 Å². The first-order valence-corrected chi connectivity index (χ1v) is 6.86. The summed E-state index contributed by atoms with van der Waals surface area (Å²) in [6.07, 6.45) is 8.10. The first-order chi connectivity index (χ1) is 9.13. The minimum absolute atomic E-state index is 0.0350. The first-order valence-electron chi connectivity index (χ1n) is 6.07. The second-order valence-corrected chi connectivity index (χ2v) is 5.26. The highest BCUT2D eigenvalue weighted by molar-refractivity contribution is 9.10. The van der Waals surface area contributed by atoms with Gasteiger partial charge in [-0.3, -0.25) is 14.2 Å². The van der Waals surface area contributed by atoms with Crippen LogP contribution in [-0.2, 0) is 17.9 Å². The molecule has 0 aliphatic rings. The Morgan fingerprint density at radius 1 is 1.32 bits per heavy atom. The molecule has 7 heteroatoms. The summed E-state index contributed by atoms with van der Waals surface area (Å²) in [5.41, 5.74) is 1.15. The Bertz CT molecular complexity index is 548. The molecule has 0 spiro atoms. The summed E-state index contributed by atoms with van der Waals surface area (Å²) in [5, 5.41) is 11.1. The van der Waals surface area contributed by atoms with Gasteiger partial charge < -0.3 is 5.32 Å². The molecule has 2 aromatic heterocycles. The summed E-state index contributed by atoms with van der Waals surface area (Å²) in [7, 11) is 0. The second-order valence-electron chi connectivity index (χ2n) is 4.34. The molecule has 102 valence electrons. The van der Waals surface area contributed by atoms with Crippen molar-refractivity contribution in [2.24, 2.45) is 0 Å². The minimum Gasteiger partial charge on any atom is -0.354 e. The molecule has 0 aliphatic heterocycles. The lowest BCUT2D eigenvalue weighted by Crippen LogP contribution is -2.29. The van der Waals surface area contributed by atoms with Crippen LogP contribution in [0.15, 0.2) is 29.3 Å². The van der Waals surface area contributed by atoms with Gasteiger partial charge in [0.15, 0.2) is 0 Å². The molecule has 2 heterocycles. The van der Waals surface area contributed by atoms with Crippen LogP contribution >= 0.6 is 15.9 Å². The molecule has 1 amide bonds. The van der Waals surface area contributed by atoms with Crippen molar-refractivity contribution in [3.05, 3.63) is 34.8 Å². The lowest BCUT2D eigenvalue weighted by molar-refractivity contribution is -0.121. The van der Waals surface area contributed by atoms with E-state index in [0.29, 0.717) is 6.54 Å². The lowest BCUT2D eigenvalue weighted by atomic mass is 10.4. The number of rotatable bonds is 6. The second kappa shape index (κ2) is 6.51. The molecule has 0 unspecified atom stereocenters. The average Bonchev–Trinajstić information content (AvgIpc) is 2.94. The minimum atomic E-state index is -0.0350. The molecule has 0 aliphatic carbocycles. The van der Waals surface area contributed by atoms with Gasteiger partial charge in [0.1, 0.15) is 6.54 Å². The first kappa shape index (κ1) is 13.8. The summed E-state index contributed by atoms with van der Waals surface area (Å²) in [5.74, 6) is -0.0350. The van der Waals surface area contributed by atoms with Gasteiger partial charge in [-0.15, -0.1) is 0 Å². The molecule has 0 atom stereocenters. The SMILES string of the molecule is Cc1cnn(CCCNC(=O)Cn2cc(Br)cn2)c1. The largest absolute Gasteiger partial charge is 0.354 e. The number of nitrogens with one attached hydrogen (secondary N) is 1. The van der Waals surface area contributed by atoms with Gasteiger partial charge in [-0.1, -0.05) is 0 Å². The van der Waals surface area contributed by atoms with E-state index in [9.17, 15) is 4.79 Å². The fraction of sp³-hybridized carbons (Fsp3) is 0.417. The fourth-order valence-electron chi connectivity index (χ4n) is 1.69. The van der Waals surface area contributed by atoms with Crippen LogP contribution in [0.5, 0.6) is 0 Å². The zero-order valence-corrected chi connectivity index (χ0v) is 12.3. The van der Waals surface area contributed by atoms with Crippen molar-refractivity contribution >= 4 is 21.8 Å². The van der Waals surface area contributed by atoms with E-state index in [0.717, 1.165) is 23.0 Å². The molecule has 0 aromatic carbocycles. The number of nitrogens with zero attached hydrogens (tertiary/aromatic N) is 4. The van der Waals surface area contributed by atoms with Crippen molar-refractivity contribution < 1.29 is 4.79 Å². The van der Waals surface area contributed by atoms with Gasteiger partial charge in [-0.05, 0) is 34.8 Å². The van der Waals surface area contributed by atoms with Crippen LogP contribution in [-0.4, -0.2) is 32.0 Å². The van der Waals surface area contributed by atoms with Crippen LogP contribution in [0.3, 0.4) is 0 Å². The van der Waals surface area contributed by atoms with Crippen LogP contribution in [0, 0.1) is 6.92 Å². The van der Waals surface area contributed by atoms with Crippen LogP contribution in [0.2, 0.25) is 0 Å². The summed E-state index contributed by atoms with van der Waals surface area (Å²) >= 11 is 3.29. The van der Waals surface area contributed by atoms with Gasteiger partial charge in [0.2, 0.25) is 5.91 Å². The highest BCUT2D eigenvalue weighted by Crippen LogP contribution is 2.05. The smallest absolute Gasteiger partial charge is 0.241 e. The third-order valence-electron chi connectivity index (χ3n) is 2.56. The number of amides is 1. The van der Waals surface area contributed by atoms with E-state index in [1.807, 2.05) is 24.0 Å². The standard InChI is InChI=1S/C12H16BrN5O/c1-10-5-15-17(7-10)4-2-3-14-12(19)9-18-8-11(13)6-16-18/h5-8H,2-4,9H2,1H3,(H,14,19). The van der Waals surface area contributed by atoms with E-state index in [4.69, 9.17) is 0 Å². The third-order valence-corrected chi connectivity index (χ3v) is 2.97. The molecule has 0 fully saturated rings. The number of halogens is 1. The van der Waals surface area contributed by atoms with Crippen molar-refractivity contribution in [3.8, 4) is 0 Å². The Kier molecular flexibility index (Phi) is 4.73. The van der Waals surface area contributed by atoms with Gasteiger partial charge in [-0.2, -0.15) is 10.2 Å². The molecule has 19 heavy (non-hydrogen) atoms. The maximum absolute atomic E-state index is 11.6. The van der Waals surface area contributed by atoms with Crippen LogP contribution in [0.25, 0.3) is 0 Å². The summed E-state index contributed by atoms with van der Waals surface area (Å²) < 4.78 is 4.34. The Balaban J connectivity index is 1.64. The quantitative estimate of drug-likeness (QED) is 0.815. The van der Waals surface area contributed by atoms with E-state index in [1.165, 1.54) is 0 Å². The zero-order chi connectivity index (χ0) is 13.7. The van der Waals surface area contributed by atoms with Gasteiger partial charge in [0, 0.05) is 25.5 Å². The van der Waals surface area contributed by atoms with Crippen LogP contribution in [0.4, 0.5) is 0 Å². The van der Waals surface area contributed by atoms with Gasteiger partial charge in [0.05, 0.1) is 16.9 Å². The van der Waals surface area contributed by atoms with E-state index in [-0.39, 0.29) is 12.5 Å². The molecular weight excluding hydrogens is 310 g/mol. The van der Waals surface area contributed by atoms with Gasteiger partial charge in [-0.25, -0.2) is 0 Å². The highest BCUT2D eigenvalue weighted by atomic mass is 79.9. The third kappa shape index (κ3) is 4.51. The van der Waals surface area contributed by atoms with Crippen molar-refractivity contribution in [3.63, 3.8) is 0 Å². The summed E-state index contributed by atoms with van der Waals surface area (Å²) in [4.78, 5) is 11.6. The zero-order valence-electron chi connectivity index (χ0n) is 10.7. The molecule has 0 radical (unpaired) electrons. The summed E-state index contributed by atoms with van der Waals surface area (Å²) in [6.45, 7) is 3.70. The van der Waals surface area contributed by atoms with Crippen molar-refractivity contribution in [2.45, 2.75) is 26.4 Å². The predicted molar refractivity (Wildman–Crippen MR) is 74.5 cm³/mol. The molecule has 1 N–H and O–H groups in total. The molecular formula is C12H16BrN5O. The molecule has 0 saturated heterocycles. The van der Waals surface area contributed by atoms with E-state index in [2.05, 4.69) is 31.4 Å². The van der Waals surface area contributed by atoms with Crippen molar-refractivity contribution in [1.82, 2.24) is 24.9 Å². The normalized spacial score (nSPS) is 10.6. The number of hydrogen-bond donors (Lipinski definition) is 1. The van der Waals surface area contributed by atoms with E-state index in [1.54, 1.807) is 17.1 Å². The van der Waals surface area contributed by atoms with Crippen LogP contribution < -0.4 is 5.32 Å². The Morgan fingerprint density at radius 3 is 2.74 bits per heavy atom. The number of aryl methyl sites for hydroxylation is 2. The summed E-state index contributed by atoms with van der Waals surface area (Å²) in [6, 6.07) is 0. The molecule has 2 aromatic rings. The Hall–Kier alpha value is -1.63. The maximum atomic E-state index is 11.6. The molecule has 2 rings (SSSR count). The predicted octanol–water partition coefficient (Wildman–Crippen LogP) is 1.36.